The van der Waals surface area contributed by atoms with Crippen LogP contribution in [0.1, 0.15) is 0 Å². The standard InChI is InChI=1S/C13H21N3O4/c1-20-10-2-3-12(11(14)8-10)15-13(19)9-16(4-6-17)5-7-18/h2-3,8,17-18H,4-7,9,14H2,1H3,(H,15,19). The highest BCUT2D eigenvalue weighted by atomic mass is 16.5. The third-order valence-electron chi connectivity index (χ3n) is 2.73. The maximum Gasteiger partial charge on any atom is 0.238 e. The average molecular weight is 283 g/mol. The van der Waals surface area contributed by atoms with Crippen molar-refractivity contribution in [2.24, 2.45) is 0 Å². The van der Waals surface area contributed by atoms with Crippen LogP contribution in [0, 0.1) is 0 Å². The molecule has 0 aliphatic rings. The summed E-state index contributed by atoms with van der Waals surface area (Å²) < 4.78 is 5.03. The highest BCUT2D eigenvalue weighted by Gasteiger charge is 2.11. The second kappa shape index (κ2) is 8.36. The molecule has 1 amide bonds. The number of aliphatic hydroxyl groups is 2. The van der Waals surface area contributed by atoms with E-state index < -0.39 is 0 Å². The van der Waals surface area contributed by atoms with E-state index in [1.165, 1.54) is 7.11 Å². The molecule has 0 bridgehead atoms. The lowest BCUT2D eigenvalue weighted by molar-refractivity contribution is -0.117. The minimum atomic E-state index is -0.260. The third-order valence-corrected chi connectivity index (χ3v) is 2.73. The summed E-state index contributed by atoms with van der Waals surface area (Å²) in [4.78, 5) is 13.5. The molecule has 0 radical (unpaired) electrons. The first kappa shape index (κ1) is 16.2. The van der Waals surface area contributed by atoms with Gasteiger partial charge in [-0.05, 0) is 12.1 Å². The molecule has 0 fully saturated rings. The van der Waals surface area contributed by atoms with E-state index in [0.717, 1.165) is 0 Å². The smallest absolute Gasteiger partial charge is 0.238 e. The number of methoxy groups -OCH3 is 1. The number of nitrogens with zero attached hydrogens (tertiary/aromatic N) is 1. The van der Waals surface area contributed by atoms with E-state index in [-0.39, 0.29) is 25.7 Å². The van der Waals surface area contributed by atoms with Gasteiger partial charge in [0.15, 0.2) is 0 Å². The highest BCUT2D eigenvalue weighted by molar-refractivity contribution is 5.95. The molecule has 0 saturated carbocycles. The van der Waals surface area contributed by atoms with Crippen LogP contribution < -0.4 is 15.8 Å². The summed E-state index contributed by atoms with van der Waals surface area (Å²) in [5.74, 6) is 0.353. The molecule has 0 aliphatic carbocycles. The number of nitrogen functional groups attached to an aromatic ring is 1. The Morgan fingerprint density at radius 1 is 1.35 bits per heavy atom. The Morgan fingerprint density at radius 2 is 2.00 bits per heavy atom. The van der Waals surface area contributed by atoms with E-state index in [9.17, 15) is 4.79 Å². The number of hydrogen-bond donors (Lipinski definition) is 4. The Balaban J connectivity index is 2.61. The van der Waals surface area contributed by atoms with Crippen LogP contribution in [0.25, 0.3) is 0 Å². The number of rotatable bonds is 8. The largest absolute Gasteiger partial charge is 0.497 e. The van der Waals surface area contributed by atoms with Crippen molar-refractivity contribution >= 4 is 17.3 Å². The zero-order valence-corrected chi connectivity index (χ0v) is 11.5. The van der Waals surface area contributed by atoms with Crippen LogP contribution in [0.4, 0.5) is 11.4 Å². The molecule has 0 atom stereocenters. The van der Waals surface area contributed by atoms with Crippen LogP contribution in [-0.4, -0.2) is 61.0 Å². The van der Waals surface area contributed by atoms with Crippen LogP contribution >= 0.6 is 0 Å². The van der Waals surface area contributed by atoms with E-state index in [1.807, 2.05) is 0 Å². The summed E-state index contributed by atoms with van der Waals surface area (Å²) >= 11 is 0. The maximum absolute atomic E-state index is 11.9. The quantitative estimate of drug-likeness (QED) is 0.479. The van der Waals surface area contributed by atoms with Crippen molar-refractivity contribution in [3.63, 3.8) is 0 Å². The Kier molecular flexibility index (Phi) is 6.78. The molecule has 0 saturated heterocycles. The van der Waals surface area contributed by atoms with Crippen LogP contribution in [0.2, 0.25) is 0 Å². The van der Waals surface area contributed by atoms with Gasteiger partial charge in [0, 0.05) is 19.2 Å². The fourth-order valence-electron chi connectivity index (χ4n) is 1.73. The molecule has 0 spiro atoms. The summed E-state index contributed by atoms with van der Waals surface area (Å²) in [7, 11) is 1.54. The van der Waals surface area contributed by atoms with Gasteiger partial charge in [-0.2, -0.15) is 0 Å². The number of carbonyl (C=O) groups is 1. The molecule has 20 heavy (non-hydrogen) atoms. The molecule has 0 heterocycles. The number of hydrogen-bond acceptors (Lipinski definition) is 6. The monoisotopic (exact) mass is 283 g/mol. The number of aliphatic hydroxyl groups excluding tert-OH is 2. The van der Waals surface area contributed by atoms with E-state index in [1.54, 1.807) is 23.1 Å². The van der Waals surface area contributed by atoms with E-state index in [4.69, 9.17) is 20.7 Å². The number of ether oxygens (including phenoxy) is 1. The van der Waals surface area contributed by atoms with Gasteiger partial charge in [-0.15, -0.1) is 0 Å². The zero-order valence-electron chi connectivity index (χ0n) is 11.5. The fourth-order valence-corrected chi connectivity index (χ4v) is 1.73. The molecule has 0 aliphatic heterocycles. The van der Waals surface area contributed by atoms with Crippen molar-refractivity contribution in [3.05, 3.63) is 18.2 Å². The van der Waals surface area contributed by atoms with Gasteiger partial charge in [-0.3, -0.25) is 9.69 Å². The van der Waals surface area contributed by atoms with Gasteiger partial charge >= 0.3 is 0 Å². The summed E-state index contributed by atoms with van der Waals surface area (Å²) in [6, 6.07) is 4.98. The molecule has 112 valence electrons. The summed E-state index contributed by atoms with van der Waals surface area (Å²) in [6.07, 6.45) is 0. The van der Waals surface area contributed by atoms with Gasteiger partial charge in [-0.1, -0.05) is 0 Å². The van der Waals surface area contributed by atoms with Crippen molar-refractivity contribution in [1.29, 1.82) is 0 Å². The summed E-state index contributed by atoms with van der Waals surface area (Å²) in [5.41, 5.74) is 6.72. The number of anilines is 2. The van der Waals surface area contributed by atoms with Crippen molar-refractivity contribution in [1.82, 2.24) is 4.90 Å². The van der Waals surface area contributed by atoms with Crippen LogP contribution in [0.15, 0.2) is 18.2 Å². The van der Waals surface area contributed by atoms with Crippen LogP contribution in [0.5, 0.6) is 5.75 Å². The summed E-state index contributed by atoms with van der Waals surface area (Å²) in [5, 5.41) is 20.4. The van der Waals surface area contributed by atoms with Gasteiger partial charge in [-0.25, -0.2) is 0 Å². The van der Waals surface area contributed by atoms with E-state index >= 15 is 0 Å². The third kappa shape index (κ3) is 5.04. The highest BCUT2D eigenvalue weighted by Crippen LogP contribution is 2.23. The SMILES string of the molecule is COc1ccc(NC(=O)CN(CCO)CCO)c(N)c1. The first-order valence-corrected chi connectivity index (χ1v) is 6.28. The zero-order chi connectivity index (χ0) is 15.0. The lowest BCUT2D eigenvalue weighted by Gasteiger charge is -2.19. The topological polar surface area (TPSA) is 108 Å². The normalized spacial score (nSPS) is 10.6. The lowest BCUT2D eigenvalue weighted by atomic mass is 10.2. The van der Waals surface area contributed by atoms with Gasteiger partial charge in [0.2, 0.25) is 5.91 Å². The first-order chi connectivity index (χ1) is 9.60. The molecule has 1 rings (SSSR count). The van der Waals surface area contributed by atoms with E-state index in [0.29, 0.717) is 30.2 Å². The number of nitrogens with two attached hydrogens (primary N) is 1. The molecule has 0 unspecified atom stereocenters. The second-order valence-electron chi connectivity index (χ2n) is 4.22. The predicted octanol–water partition coefficient (Wildman–Crippen LogP) is -0.497. The van der Waals surface area contributed by atoms with Crippen molar-refractivity contribution in [2.45, 2.75) is 0 Å². The van der Waals surface area contributed by atoms with E-state index in [2.05, 4.69) is 5.32 Å². The minimum absolute atomic E-state index is 0.0715. The number of nitrogens with one attached hydrogen (secondary N) is 1. The number of benzene rings is 1. The Labute approximate surface area is 117 Å². The van der Waals surface area contributed by atoms with Crippen molar-refractivity contribution in [3.8, 4) is 5.75 Å². The first-order valence-electron chi connectivity index (χ1n) is 6.28. The van der Waals surface area contributed by atoms with Gasteiger partial charge in [0.25, 0.3) is 0 Å². The van der Waals surface area contributed by atoms with Crippen molar-refractivity contribution < 1.29 is 19.7 Å². The number of amides is 1. The van der Waals surface area contributed by atoms with Crippen molar-refractivity contribution in [2.75, 3.05) is 51.0 Å². The predicted molar refractivity (Wildman–Crippen MR) is 76.6 cm³/mol. The lowest BCUT2D eigenvalue weighted by Crippen LogP contribution is -2.37. The number of carbonyl (C=O) groups excluding carboxylic acids is 1. The molecular formula is C13H21N3O4. The Hall–Kier alpha value is -1.83. The molecule has 0 aromatic heterocycles. The fraction of sp³-hybridized carbons (Fsp3) is 0.462. The Morgan fingerprint density at radius 3 is 2.50 bits per heavy atom. The molecule has 5 N–H and O–H groups in total. The van der Waals surface area contributed by atoms with Gasteiger partial charge < -0.3 is 26.0 Å². The molecular weight excluding hydrogens is 262 g/mol. The minimum Gasteiger partial charge on any atom is -0.497 e. The Bertz CT molecular complexity index is 434. The van der Waals surface area contributed by atoms with Crippen LogP contribution in [0.3, 0.4) is 0 Å². The second-order valence-corrected chi connectivity index (χ2v) is 4.22. The molecule has 7 nitrogen and oxygen atoms in total. The van der Waals surface area contributed by atoms with Gasteiger partial charge in [0.1, 0.15) is 5.75 Å². The molecule has 1 aromatic carbocycles. The maximum atomic E-state index is 11.9. The summed E-state index contributed by atoms with van der Waals surface area (Å²) in [6.45, 7) is 0.584. The van der Waals surface area contributed by atoms with Crippen LogP contribution in [-0.2, 0) is 4.79 Å². The van der Waals surface area contributed by atoms with Gasteiger partial charge in [0.05, 0.1) is 38.2 Å². The average Bonchev–Trinajstić information content (AvgIpc) is 2.41. The molecule has 1 aromatic rings. The molecule has 7 heteroatoms.